The summed E-state index contributed by atoms with van der Waals surface area (Å²) in [5, 5.41) is 0. The molecule has 0 saturated carbocycles. The van der Waals surface area contributed by atoms with E-state index in [1.54, 1.807) is 0 Å². The Hall–Kier alpha value is -0.0800. The lowest BCUT2D eigenvalue weighted by Gasteiger charge is -2.27. The highest BCUT2D eigenvalue weighted by atomic mass is 15.1. The van der Waals surface area contributed by atoms with E-state index in [1.165, 1.54) is 32.4 Å². The van der Waals surface area contributed by atoms with E-state index in [0.717, 1.165) is 24.8 Å². The second kappa shape index (κ2) is 9.90. The van der Waals surface area contributed by atoms with Crippen molar-refractivity contribution in [2.24, 2.45) is 17.6 Å². The minimum atomic E-state index is 0.360. The minimum Gasteiger partial charge on any atom is -0.327 e. The van der Waals surface area contributed by atoms with Crippen LogP contribution in [0.25, 0.3) is 0 Å². The first-order chi connectivity index (χ1) is 7.95. The molecule has 1 unspecified atom stereocenters. The molecule has 2 nitrogen and oxygen atoms in total. The molecule has 0 bridgehead atoms. The maximum atomic E-state index is 6.16. The van der Waals surface area contributed by atoms with Gasteiger partial charge in [0, 0.05) is 12.6 Å². The Labute approximate surface area is 109 Å². The van der Waals surface area contributed by atoms with Gasteiger partial charge < -0.3 is 10.6 Å². The topological polar surface area (TPSA) is 29.3 Å². The molecule has 2 N–H and O–H groups in total. The van der Waals surface area contributed by atoms with Gasteiger partial charge in [0.15, 0.2) is 0 Å². The molecule has 0 spiro atoms. The molecule has 0 saturated heterocycles. The van der Waals surface area contributed by atoms with Gasteiger partial charge in [-0.15, -0.1) is 0 Å². The van der Waals surface area contributed by atoms with Crippen LogP contribution in [0.4, 0.5) is 0 Å². The van der Waals surface area contributed by atoms with Gasteiger partial charge in [0.1, 0.15) is 0 Å². The lowest BCUT2D eigenvalue weighted by atomic mass is 10.1. The van der Waals surface area contributed by atoms with E-state index >= 15 is 0 Å². The summed E-state index contributed by atoms with van der Waals surface area (Å²) in [6, 6.07) is 0.360. The molecule has 0 rings (SSSR count). The molecule has 0 aliphatic heterocycles. The third kappa shape index (κ3) is 10.8. The normalized spacial score (nSPS) is 13.9. The van der Waals surface area contributed by atoms with Gasteiger partial charge in [-0.1, -0.05) is 41.0 Å². The predicted molar refractivity (Wildman–Crippen MR) is 78.2 cm³/mol. The molecule has 0 aromatic rings. The Kier molecular flexibility index (Phi) is 9.85. The second-order valence-corrected chi connectivity index (χ2v) is 6.21. The van der Waals surface area contributed by atoms with Crippen LogP contribution in [0, 0.1) is 11.8 Å². The van der Waals surface area contributed by atoms with Crippen molar-refractivity contribution in [3.8, 4) is 0 Å². The van der Waals surface area contributed by atoms with Crippen molar-refractivity contribution in [2.45, 2.75) is 66.3 Å². The average molecular weight is 242 g/mol. The van der Waals surface area contributed by atoms with E-state index in [1.807, 2.05) is 0 Å². The quantitative estimate of drug-likeness (QED) is 0.635. The summed E-state index contributed by atoms with van der Waals surface area (Å²) in [4.78, 5) is 2.57. The smallest absolute Gasteiger partial charge is 0.0167 e. The molecule has 0 aliphatic carbocycles. The Morgan fingerprint density at radius 3 is 1.71 bits per heavy atom. The zero-order valence-electron chi connectivity index (χ0n) is 12.7. The van der Waals surface area contributed by atoms with Gasteiger partial charge >= 0.3 is 0 Å². The third-order valence-corrected chi connectivity index (χ3v) is 3.20. The van der Waals surface area contributed by atoms with Crippen LogP contribution in [0.3, 0.4) is 0 Å². The SMILES string of the molecule is CCCC(N)CN(CCC(C)C)CCC(C)C. The van der Waals surface area contributed by atoms with Gasteiger partial charge in [-0.2, -0.15) is 0 Å². The highest BCUT2D eigenvalue weighted by molar-refractivity contribution is 4.69. The van der Waals surface area contributed by atoms with Gasteiger partial charge in [0.25, 0.3) is 0 Å². The molecular formula is C15H34N2. The summed E-state index contributed by atoms with van der Waals surface area (Å²) in [5.41, 5.74) is 6.16. The van der Waals surface area contributed by atoms with Crippen LogP contribution >= 0.6 is 0 Å². The fraction of sp³-hybridized carbons (Fsp3) is 1.00. The van der Waals surface area contributed by atoms with E-state index in [-0.39, 0.29) is 0 Å². The molecule has 0 fully saturated rings. The molecule has 0 radical (unpaired) electrons. The zero-order chi connectivity index (χ0) is 13.3. The summed E-state index contributed by atoms with van der Waals surface area (Å²) in [6.07, 6.45) is 4.93. The molecule has 0 aromatic carbocycles. The maximum absolute atomic E-state index is 6.16. The second-order valence-electron chi connectivity index (χ2n) is 6.21. The average Bonchev–Trinajstić information content (AvgIpc) is 2.22. The van der Waals surface area contributed by atoms with E-state index < -0.39 is 0 Å². The van der Waals surface area contributed by atoms with Crippen molar-refractivity contribution in [3.63, 3.8) is 0 Å². The number of nitrogens with zero attached hydrogens (tertiary/aromatic N) is 1. The largest absolute Gasteiger partial charge is 0.327 e. The lowest BCUT2D eigenvalue weighted by molar-refractivity contribution is 0.226. The van der Waals surface area contributed by atoms with E-state index in [9.17, 15) is 0 Å². The summed E-state index contributed by atoms with van der Waals surface area (Å²) >= 11 is 0. The van der Waals surface area contributed by atoms with Crippen LogP contribution < -0.4 is 5.73 Å². The fourth-order valence-corrected chi connectivity index (χ4v) is 1.97. The Balaban J connectivity index is 4.00. The first kappa shape index (κ1) is 16.9. The van der Waals surface area contributed by atoms with Crippen molar-refractivity contribution in [1.29, 1.82) is 0 Å². The summed E-state index contributed by atoms with van der Waals surface area (Å²) in [5.74, 6) is 1.58. The zero-order valence-corrected chi connectivity index (χ0v) is 12.7. The minimum absolute atomic E-state index is 0.360. The molecule has 0 heterocycles. The molecule has 0 amide bonds. The van der Waals surface area contributed by atoms with Crippen LogP contribution in [0.15, 0.2) is 0 Å². The van der Waals surface area contributed by atoms with Crippen molar-refractivity contribution in [1.82, 2.24) is 4.90 Å². The van der Waals surface area contributed by atoms with Gasteiger partial charge in [-0.3, -0.25) is 0 Å². The van der Waals surface area contributed by atoms with Crippen LogP contribution in [-0.4, -0.2) is 30.6 Å². The van der Waals surface area contributed by atoms with Gasteiger partial charge in [0.05, 0.1) is 0 Å². The Morgan fingerprint density at radius 1 is 0.882 bits per heavy atom. The summed E-state index contributed by atoms with van der Waals surface area (Å²) in [7, 11) is 0. The van der Waals surface area contributed by atoms with Crippen LogP contribution in [-0.2, 0) is 0 Å². The first-order valence-electron chi connectivity index (χ1n) is 7.43. The molecule has 104 valence electrons. The first-order valence-corrected chi connectivity index (χ1v) is 7.43. The molecule has 2 heteroatoms. The molecule has 0 aromatic heterocycles. The van der Waals surface area contributed by atoms with E-state index in [4.69, 9.17) is 5.73 Å². The summed E-state index contributed by atoms with van der Waals surface area (Å²) in [6.45, 7) is 14.9. The standard InChI is InChI=1S/C15H34N2/c1-6-7-15(16)12-17(10-8-13(2)3)11-9-14(4)5/h13-15H,6-12,16H2,1-5H3. The highest BCUT2D eigenvalue weighted by Gasteiger charge is 2.11. The predicted octanol–water partition coefficient (Wildman–Crippen LogP) is 3.51. The fourth-order valence-electron chi connectivity index (χ4n) is 1.97. The number of rotatable bonds is 10. The van der Waals surface area contributed by atoms with Crippen LogP contribution in [0.1, 0.15) is 60.3 Å². The Bertz CT molecular complexity index is 154. The van der Waals surface area contributed by atoms with Gasteiger partial charge in [-0.05, 0) is 44.2 Å². The Morgan fingerprint density at radius 2 is 1.35 bits per heavy atom. The number of hydrogen-bond acceptors (Lipinski definition) is 2. The van der Waals surface area contributed by atoms with Crippen molar-refractivity contribution in [3.05, 3.63) is 0 Å². The van der Waals surface area contributed by atoms with Crippen LogP contribution in [0.2, 0.25) is 0 Å². The highest BCUT2D eigenvalue weighted by Crippen LogP contribution is 2.08. The molecule has 1 atom stereocenters. The van der Waals surface area contributed by atoms with Crippen molar-refractivity contribution < 1.29 is 0 Å². The monoisotopic (exact) mass is 242 g/mol. The van der Waals surface area contributed by atoms with E-state index in [2.05, 4.69) is 39.5 Å². The third-order valence-electron chi connectivity index (χ3n) is 3.20. The van der Waals surface area contributed by atoms with Crippen molar-refractivity contribution in [2.75, 3.05) is 19.6 Å². The van der Waals surface area contributed by atoms with Crippen molar-refractivity contribution >= 4 is 0 Å². The van der Waals surface area contributed by atoms with Gasteiger partial charge in [0.2, 0.25) is 0 Å². The molecular weight excluding hydrogens is 208 g/mol. The van der Waals surface area contributed by atoms with E-state index in [0.29, 0.717) is 6.04 Å². The lowest BCUT2D eigenvalue weighted by Crippen LogP contribution is -2.39. The van der Waals surface area contributed by atoms with Gasteiger partial charge in [-0.25, -0.2) is 0 Å². The number of nitrogens with two attached hydrogens (primary N) is 1. The maximum Gasteiger partial charge on any atom is 0.0167 e. The summed E-state index contributed by atoms with van der Waals surface area (Å²) < 4.78 is 0. The van der Waals surface area contributed by atoms with Crippen LogP contribution in [0.5, 0.6) is 0 Å². The molecule has 17 heavy (non-hydrogen) atoms. The number of hydrogen-bond donors (Lipinski definition) is 1. The molecule has 0 aliphatic rings.